The summed E-state index contributed by atoms with van der Waals surface area (Å²) in [5.74, 6) is 0.872. The first kappa shape index (κ1) is 10.4. The van der Waals surface area contributed by atoms with Crippen molar-refractivity contribution in [3.8, 4) is 0 Å². The molecule has 1 aromatic carbocycles. The Morgan fingerprint density at radius 1 is 1.38 bits per heavy atom. The lowest BCUT2D eigenvalue weighted by atomic mass is 10.1. The average molecular weight is 298 g/mol. The van der Waals surface area contributed by atoms with E-state index in [0.717, 1.165) is 17.7 Å². The van der Waals surface area contributed by atoms with Gasteiger partial charge < -0.3 is 4.52 Å². The quantitative estimate of drug-likeness (QED) is 0.760. The molecule has 0 fully saturated rings. The van der Waals surface area contributed by atoms with Gasteiger partial charge in [0.1, 0.15) is 6.10 Å². The number of halogens is 1. The zero-order chi connectivity index (χ0) is 11.0. The van der Waals surface area contributed by atoms with Crippen molar-refractivity contribution in [2.45, 2.75) is 12.4 Å². The van der Waals surface area contributed by atoms with Gasteiger partial charge in [0.05, 0.1) is 6.29 Å². The molecule has 0 N–H and O–H groups in total. The summed E-state index contributed by atoms with van der Waals surface area (Å²) in [6, 6.07) is 10.1. The molecule has 2 heterocycles. The molecule has 0 amide bonds. The molecule has 1 aromatic heterocycles. The van der Waals surface area contributed by atoms with E-state index in [1.54, 1.807) is 0 Å². The third kappa shape index (κ3) is 1.79. The summed E-state index contributed by atoms with van der Waals surface area (Å²) < 4.78 is 8.32. The maximum atomic E-state index is 5.79. The van der Waals surface area contributed by atoms with Crippen LogP contribution in [0.15, 0.2) is 35.1 Å². The number of benzene rings is 1. The van der Waals surface area contributed by atoms with Crippen LogP contribution in [0.25, 0.3) is 0 Å². The summed E-state index contributed by atoms with van der Waals surface area (Å²) in [6.07, 6.45) is 0.698. The van der Waals surface area contributed by atoms with Gasteiger partial charge in [-0.1, -0.05) is 30.3 Å². The van der Waals surface area contributed by atoms with Crippen molar-refractivity contribution in [1.82, 2.24) is 14.8 Å². The molecule has 0 aliphatic carbocycles. The van der Waals surface area contributed by atoms with E-state index in [9.17, 15) is 0 Å². The molecule has 1 aliphatic rings. The first-order valence-corrected chi connectivity index (χ1v) is 6.79. The number of rotatable bonds is 1. The fraction of sp³-hybridized carbons (Fsp3) is 0.200. The van der Waals surface area contributed by atoms with Crippen LogP contribution in [0.3, 0.4) is 0 Å². The lowest BCUT2D eigenvalue weighted by Crippen LogP contribution is -2.15. The van der Waals surface area contributed by atoms with Gasteiger partial charge in [-0.05, 0) is 21.5 Å². The molecular weight excluding hydrogens is 289 g/mol. The highest BCUT2D eigenvalue weighted by molar-refractivity contribution is 9.10. The topological polar surface area (TPSA) is 39.9 Å². The van der Waals surface area contributed by atoms with E-state index in [2.05, 4.69) is 26.0 Å². The highest BCUT2D eigenvalue weighted by atomic mass is 79.9. The van der Waals surface area contributed by atoms with Gasteiger partial charge in [0.2, 0.25) is 4.73 Å². The van der Waals surface area contributed by atoms with Crippen LogP contribution in [0.4, 0.5) is 0 Å². The summed E-state index contributed by atoms with van der Waals surface area (Å²) in [5.41, 5.74) is 1.12. The van der Waals surface area contributed by atoms with Gasteiger partial charge in [0, 0.05) is 8.81 Å². The Morgan fingerprint density at radius 2 is 2.19 bits per heavy atom. The molecule has 3 rings (SSSR count). The highest BCUT2D eigenvalue weighted by Gasteiger charge is 2.26. The molecule has 0 saturated heterocycles. The normalized spacial score (nSPS) is 20.9. The van der Waals surface area contributed by atoms with E-state index in [1.807, 2.05) is 35.0 Å². The first-order valence-electron chi connectivity index (χ1n) is 4.88. The number of hydrogen-bond acceptors (Lipinski definition) is 3. The Kier molecular flexibility index (Phi) is 2.75. The van der Waals surface area contributed by atoms with Crippen LogP contribution < -0.4 is 0 Å². The van der Waals surface area contributed by atoms with Crippen molar-refractivity contribution < 1.29 is 4.52 Å². The van der Waals surface area contributed by atoms with Gasteiger partial charge in [-0.25, -0.2) is 9.67 Å². The molecule has 0 radical (unpaired) electrons. The fourth-order valence-corrected chi connectivity index (χ4v) is 2.93. The molecule has 2 atom stereocenters. The van der Waals surface area contributed by atoms with Crippen LogP contribution in [-0.2, 0) is 10.8 Å². The molecule has 0 bridgehead atoms. The van der Waals surface area contributed by atoms with E-state index in [4.69, 9.17) is 4.52 Å². The van der Waals surface area contributed by atoms with Gasteiger partial charge in [0.25, 0.3) is 0 Å². The van der Waals surface area contributed by atoms with Gasteiger partial charge >= 0.3 is 0 Å². The van der Waals surface area contributed by atoms with E-state index in [-0.39, 0.29) is 6.10 Å². The summed E-state index contributed by atoms with van der Waals surface area (Å²) in [5, 5.41) is 4.28. The lowest BCUT2D eigenvalue weighted by molar-refractivity contribution is 0.246. The maximum absolute atomic E-state index is 5.79. The molecular formula is C10H9BrN3OP. The maximum Gasteiger partial charge on any atom is 0.217 e. The number of hydrogen-bond donors (Lipinski definition) is 0. The average Bonchev–Trinajstić information content (AvgIpc) is 2.70. The molecule has 16 heavy (non-hydrogen) atoms. The Morgan fingerprint density at radius 3 is 3.00 bits per heavy atom. The van der Waals surface area contributed by atoms with Gasteiger partial charge in [-0.15, -0.1) is 5.10 Å². The van der Waals surface area contributed by atoms with Gasteiger partial charge in [-0.3, -0.25) is 0 Å². The minimum Gasteiger partial charge on any atom is -0.345 e. The Balaban J connectivity index is 2.05. The van der Waals surface area contributed by atoms with Crippen LogP contribution in [0.2, 0.25) is 0 Å². The molecule has 82 valence electrons. The predicted molar refractivity (Wildman–Crippen MR) is 65.4 cm³/mol. The third-order valence-corrected chi connectivity index (χ3v) is 3.59. The second-order valence-electron chi connectivity index (χ2n) is 3.45. The summed E-state index contributed by atoms with van der Waals surface area (Å²) in [7, 11) is 0.428. The van der Waals surface area contributed by atoms with E-state index < -0.39 is 0 Å². The van der Waals surface area contributed by atoms with Crippen LogP contribution in [0.5, 0.6) is 0 Å². The van der Waals surface area contributed by atoms with Crippen LogP contribution in [-0.4, -0.2) is 14.8 Å². The summed E-state index contributed by atoms with van der Waals surface area (Å²) >= 11 is 3.30. The Bertz CT molecular complexity index is 502. The summed E-state index contributed by atoms with van der Waals surface area (Å²) in [6.45, 7) is 0. The molecule has 4 nitrogen and oxygen atoms in total. The lowest BCUT2D eigenvalue weighted by Gasteiger charge is -2.22. The molecule has 0 spiro atoms. The number of nitrogens with zero attached hydrogens (tertiary/aromatic N) is 3. The van der Waals surface area contributed by atoms with E-state index >= 15 is 0 Å². The van der Waals surface area contributed by atoms with Crippen LogP contribution in [0.1, 0.15) is 17.5 Å². The number of aromatic nitrogens is 3. The van der Waals surface area contributed by atoms with E-state index in [0.29, 0.717) is 13.5 Å². The molecule has 6 heteroatoms. The number of fused-ring (bicyclic) bond motifs is 1. The zero-order valence-electron chi connectivity index (χ0n) is 8.30. The van der Waals surface area contributed by atoms with Crippen molar-refractivity contribution >= 4 is 24.7 Å². The molecule has 2 aromatic rings. The smallest absolute Gasteiger partial charge is 0.217 e. The van der Waals surface area contributed by atoms with Crippen molar-refractivity contribution in [2.75, 3.05) is 0 Å². The second kappa shape index (κ2) is 4.24. The Hall–Kier alpha value is -0.770. The zero-order valence-corrected chi connectivity index (χ0v) is 10.9. The third-order valence-electron chi connectivity index (χ3n) is 2.43. The first-order chi connectivity index (χ1) is 7.84. The summed E-state index contributed by atoms with van der Waals surface area (Å²) in [4.78, 5) is 4.36. The van der Waals surface area contributed by atoms with Crippen LogP contribution >= 0.6 is 24.7 Å². The van der Waals surface area contributed by atoms with Crippen LogP contribution in [0, 0.1) is 0 Å². The van der Waals surface area contributed by atoms with Gasteiger partial charge in [0.15, 0.2) is 5.82 Å². The second-order valence-corrected chi connectivity index (χ2v) is 5.00. The minimum atomic E-state index is -0.0907. The minimum absolute atomic E-state index is 0.0907. The molecule has 0 saturated carbocycles. The predicted octanol–water partition coefficient (Wildman–Crippen LogP) is 2.71. The van der Waals surface area contributed by atoms with E-state index in [1.165, 1.54) is 0 Å². The molecule has 2 unspecified atom stereocenters. The fourth-order valence-electron chi connectivity index (χ4n) is 1.72. The van der Waals surface area contributed by atoms with Crippen molar-refractivity contribution in [2.24, 2.45) is 0 Å². The highest BCUT2D eigenvalue weighted by Crippen LogP contribution is 2.37. The SMILES string of the molecule is Brc1nc2n(n1)CPOC2c1ccccc1. The van der Waals surface area contributed by atoms with Crippen molar-refractivity contribution in [1.29, 1.82) is 0 Å². The Labute approximate surface area is 103 Å². The van der Waals surface area contributed by atoms with Crippen molar-refractivity contribution in [3.05, 3.63) is 46.5 Å². The van der Waals surface area contributed by atoms with Gasteiger partial charge in [-0.2, -0.15) is 0 Å². The van der Waals surface area contributed by atoms with Crippen molar-refractivity contribution in [3.63, 3.8) is 0 Å². The molecule has 1 aliphatic heterocycles. The monoisotopic (exact) mass is 297 g/mol. The standard InChI is InChI=1S/C10H9BrN3OP/c11-10-12-9-8(7-4-2-1-3-5-7)15-16-6-14(9)13-10/h1-5,8,16H,6H2. The largest absolute Gasteiger partial charge is 0.345 e.